The standard InChI is InChI=1S/C11H13N7O3/c1-6-8(18(20)21)9(14-11(12)13-6)17-5-4-7(15-17)10(19)16(2)3/h4-5H,1-3H3,(H2,12,13,14). The van der Waals surface area contributed by atoms with E-state index in [0.29, 0.717) is 0 Å². The van der Waals surface area contributed by atoms with Gasteiger partial charge in [-0.3, -0.25) is 14.9 Å². The van der Waals surface area contributed by atoms with Gasteiger partial charge in [-0.25, -0.2) is 9.67 Å². The molecular weight excluding hydrogens is 278 g/mol. The normalized spacial score (nSPS) is 10.4. The van der Waals surface area contributed by atoms with Crippen LogP contribution in [0.2, 0.25) is 0 Å². The van der Waals surface area contributed by atoms with E-state index >= 15 is 0 Å². The molecule has 110 valence electrons. The van der Waals surface area contributed by atoms with Gasteiger partial charge < -0.3 is 10.6 Å². The van der Waals surface area contributed by atoms with E-state index in [1.165, 1.54) is 24.1 Å². The third kappa shape index (κ3) is 2.63. The first-order chi connectivity index (χ1) is 9.81. The lowest BCUT2D eigenvalue weighted by Gasteiger charge is -2.07. The largest absolute Gasteiger partial charge is 0.368 e. The molecule has 0 aliphatic heterocycles. The van der Waals surface area contributed by atoms with Crippen LogP contribution >= 0.6 is 0 Å². The van der Waals surface area contributed by atoms with Gasteiger partial charge in [0, 0.05) is 20.3 Å². The minimum absolute atomic E-state index is 0.0807. The number of nitrogens with two attached hydrogens (primary N) is 1. The molecule has 2 N–H and O–H groups in total. The fourth-order valence-corrected chi connectivity index (χ4v) is 1.73. The van der Waals surface area contributed by atoms with Gasteiger partial charge >= 0.3 is 5.69 Å². The number of anilines is 1. The molecule has 0 aliphatic rings. The van der Waals surface area contributed by atoms with E-state index in [1.807, 2.05) is 0 Å². The van der Waals surface area contributed by atoms with Crippen molar-refractivity contribution in [3.8, 4) is 5.82 Å². The van der Waals surface area contributed by atoms with Gasteiger partial charge in [-0.2, -0.15) is 10.1 Å². The molecule has 10 heteroatoms. The van der Waals surface area contributed by atoms with Gasteiger partial charge in [-0.1, -0.05) is 0 Å². The van der Waals surface area contributed by atoms with Crippen LogP contribution in [0.3, 0.4) is 0 Å². The third-order valence-corrected chi connectivity index (χ3v) is 2.67. The van der Waals surface area contributed by atoms with Crippen molar-refractivity contribution in [1.29, 1.82) is 0 Å². The fourth-order valence-electron chi connectivity index (χ4n) is 1.73. The fraction of sp³-hybridized carbons (Fsp3) is 0.273. The lowest BCUT2D eigenvalue weighted by molar-refractivity contribution is -0.385. The van der Waals surface area contributed by atoms with E-state index in [2.05, 4.69) is 15.1 Å². The number of carbonyl (C=O) groups excluding carboxylic acids is 1. The highest BCUT2D eigenvalue weighted by Crippen LogP contribution is 2.24. The van der Waals surface area contributed by atoms with Crippen LogP contribution in [0.4, 0.5) is 11.6 Å². The van der Waals surface area contributed by atoms with Crippen molar-refractivity contribution in [2.24, 2.45) is 0 Å². The van der Waals surface area contributed by atoms with E-state index in [0.717, 1.165) is 4.68 Å². The molecule has 2 heterocycles. The number of nitrogens with zero attached hydrogens (tertiary/aromatic N) is 6. The first-order valence-electron chi connectivity index (χ1n) is 5.87. The average molecular weight is 291 g/mol. The molecule has 0 fully saturated rings. The third-order valence-electron chi connectivity index (χ3n) is 2.67. The highest BCUT2D eigenvalue weighted by atomic mass is 16.6. The molecule has 0 aliphatic carbocycles. The SMILES string of the molecule is Cc1nc(N)nc(-n2ccc(C(=O)N(C)C)n2)c1[N+](=O)[O-]. The lowest BCUT2D eigenvalue weighted by atomic mass is 10.3. The zero-order valence-corrected chi connectivity index (χ0v) is 11.6. The number of aryl methyl sites for hydroxylation is 1. The number of carbonyl (C=O) groups is 1. The van der Waals surface area contributed by atoms with E-state index in [-0.39, 0.29) is 34.7 Å². The molecule has 0 spiro atoms. The van der Waals surface area contributed by atoms with Gasteiger partial charge in [0.25, 0.3) is 5.91 Å². The Balaban J connectivity index is 2.57. The number of rotatable bonds is 3. The summed E-state index contributed by atoms with van der Waals surface area (Å²) in [4.78, 5) is 31.3. The van der Waals surface area contributed by atoms with Gasteiger partial charge in [0.15, 0.2) is 5.69 Å². The Labute approximate surface area is 119 Å². The molecular formula is C11H13N7O3. The molecule has 0 atom stereocenters. The summed E-state index contributed by atoms with van der Waals surface area (Å²) in [5, 5.41) is 15.1. The van der Waals surface area contributed by atoms with E-state index in [9.17, 15) is 14.9 Å². The molecule has 10 nitrogen and oxygen atoms in total. The number of amides is 1. The van der Waals surface area contributed by atoms with Crippen LogP contribution in [0.15, 0.2) is 12.3 Å². The number of aromatic nitrogens is 4. The summed E-state index contributed by atoms with van der Waals surface area (Å²) in [5.74, 6) is -0.512. The van der Waals surface area contributed by atoms with Crippen molar-refractivity contribution in [2.75, 3.05) is 19.8 Å². The maximum atomic E-state index is 11.8. The molecule has 1 amide bonds. The highest BCUT2D eigenvalue weighted by Gasteiger charge is 2.24. The minimum atomic E-state index is -0.612. The van der Waals surface area contributed by atoms with Gasteiger partial charge in [0.2, 0.25) is 11.8 Å². The van der Waals surface area contributed by atoms with Crippen molar-refractivity contribution in [3.05, 3.63) is 33.8 Å². The van der Waals surface area contributed by atoms with E-state index in [1.54, 1.807) is 14.1 Å². The second kappa shape index (κ2) is 5.15. The average Bonchev–Trinajstić information content (AvgIpc) is 2.85. The zero-order valence-electron chi connectivity index (χ0n) is 11.6. The number of nitrogen functional groups attached to an aromatic ring is 1. The van der Waals surface area contributed by atoms with E-state index in [4.69, 9.17) is 5.73 Å². The lowest BCUT2D eigenvalue weighted by Crippen LogP contribution is -2.22. The Morgan fingerprint density at radius 3 is 2.67 bits per heavy atom. The molecule has 0 saturated heterocycles. The van der Waals surface area contributed by atoms with Crippen molar-refractivity contribution in [3.63, 3.8) is 0 Å². The second-order valence-corrected chi connectivity index (χ2v) is 4.44. The van der Waals surface area contributed by atoms with Crippen LogP contribution in [0.1, 0.15) is 16.2 Å². The minimum Gasteiger partial charge on any atom is -0.368 e. The summed E-state index contributed by atoms with van der Waals surface area (Å²) in [5.41, 5.74) is 5.48. The van der Waals surface area contributed by atoms with Crippen molar-refractivity contribution in [1.82, 2.24) is 24.6 Å². The van der Waals surface area contributed by atoms with Crippen LogP contribution in [0, 0.1) is 17.0 Å². The van der Waals surface area contributed by atoms with Crippen LogP contribution in [0.5, 0.6) is 0 Å². The number of hydrogen-bond donors (Lipinski definition) is 1. The predicted molar refractivity (Wildman–Crippen MR) is 73.0 cm³/mol. The summed E-state index contributed by atoms with van der Waals surface area (Å²) >= 11 is 0. The molecule has 21 heavy (non-hydrogen) atoms. The topological polar surface area (TPSA) is 133 Å². The first kappa shape index (κ1) is 14.4. The molecule has 2 aromatic heterocycles. The van der Waals surface area contributed by atoms with Gasteiger partial charge in [-0.15, -0.1) is 0 Å². The Kier molecular flexibility index (Phi) is 3.52. The Hall–Kier alpha value is -3.04. The highest BCUT2D eigenvalue weighted by molar-refractivity contribution is 5.91. The van der Waals surface area contributed by atoms with Gasteiger partial charge in [0.1, 0.15) is 5.69 Å². The van der Waals surface area contributed by atoms with Crippen molar-refractivity contribution >= 4 is 17.5 Å². The molecule has 0 saturated carbocycles. The smallest absolute Gasteiger partial charge is 0.334 e. The summed E-state index contributed by atoms with van der Waals surface area (Å²) < 4.78 is 1.14. The van der Waals surface area contributed by atoms with Crippen molar-refractivity contribution in [2.45, 2.75) is 6.92 Å². The van der Waals surface area contributed by atoms with Crippen LogP contribution in [-0.2, 0) is 0 Å². The summed E-state index contributed by atoms with van der Waals surface area (Å²) in [6, 6.07) is 1.44. The molecule has 2 aromatic rings. The molecule has 0 radical (unpaired) electrons. The second-order valence-electron chi connectivity index (χ2n) is 4.44. The Bertz CT molecular complexity index is 723. The summed E-state index contributed by atoms with van der Waals surface area (Å²) in [6.07, 6.45) is 1.41. The molecule has 0 unspecified atom stereocenters. The van der Waals surface area contributed by atoms with Crippen LogP contribution in [-0.4, -0.2) is 49.6 Å². The monoisotopic (exact) mass is 291 g/mol. The Morgan fingerprint density at radius 2 is 2.10 bits per heavy atom. The van der Waals surface area contributed by atoms with Gasteiger partial charge in [0.05, 0.1) is 4.92 Å². The zero-order chi connectivity index (χ0) is 15.7. The van der Waals surface area contributed by atoms with Crippen LogP contribution < -0.4 is 5.73 Å². The molecule has 0 aromatic carbocycles. The van der Waals surface area contributed by atoms with Crippen LogP contribution in [0.25, 0.3) is 5.82 Å². The number of nitro groups is 1. The maximum Gasteiger partial charge on any atom is 0.334 e. The predicted octanol–water partition coefficient (Wildman–Crippen LogP) is 0.163. The Morgan fingerprint density at radius 1 is 1.43 bits per heavy atom. The van der Waals surface area contributed by atoms with Crippen molar-refractivity contribution < 1.29 is 9.72 Å². The molecule has 2 rings (SSSR count). The first-order valence-corrected chi connectivity index (χ1v) is 5.87. The summed E-state index contributed by atoms with van der Waals surface area (Å²) in [6.45, 7) is 1.45. The summed E-state index contributed by atoms with van der Waals surface area (Å²) in [7, 11) is 3.16. The number of hydrogen-bond acceptors (Lipinski definition) is 7. The molecule has 0 bridgehead atoms. The van der Waals surface area contributed by atoms with E-state index < -0.39 is 4.92 Å². The quantitative estimate of drug-likeness (QED) is 0.629. The maximum absolute atomic E-state index is 11.8. The van der Waals surface area contributed by atoms with Gasteiger partial charge in [-0.05, 0) is 13.0 Å².